The number of hydrogen-bond donors (Lipinski definition) is 0. The van der Waals surface area contributed by atoms with Crippen LogP contribution in [0.25, 0.3) is 11.4 Å². The molecule has 2 heterocycles. The van der Waals surface area contributed by atoms with Crippen LogP contribution in [0.2, 0.25) is 0 Å². The highest BCUT2D eigenvalue weighted by Crippen LogP contribution is 2.32. The van der Waals surface area contributed by atoms with Crippen molar-refractivity contribution in [3.05, 3.63) is 30.0 Å². The Balaban J connectivity index is 1.89. The van der Waals surface area contributed by atoms with Gasteiger partial charge < -0.3 is 18.9 Å². The third-order valence-electron chi connectivity index (χ3n) is 4.24. The first-order valence-corrected chi connectivity index (χ1v) is 9.93. The maximum Gasteiger partial charge on any atom is 0.243 e. The molecule has 1 aromatic carbocycles. The molecular formula is C19H25N5O4S. The predicted molar refractivity (Wildman–Crippen MR) is 110 cm³/mol. The smallest absolute Gasteiger partial charge is 0.243 e. The van der Waals surface area contributed by atoms with E-state index in [1.165, 1.54) is 0 Å². The molecule has 0 saturated carbocycles. The van der Waals surface area contributed by atoms with Crippen molar-refractivity contribution in [3.63, 3.8) is 0 Å². The number of benzene rings is 1. The molecule has 0 bridgehead atoms. The Morgan fingerprint density at radius 2 is 1.69 bits per heavy atom. The summed E-state index contributed by atoms with van der Waals surface area (Å²) in [5.41, 5.74) is 1.85. The Labute approximate surface area is 173 Å². The number of methoxy groups -OCH3 is 4. The van der Waals surface area contributed by atoms with Crippen LogP contribution in [-0.2, 0) is 24.1 Å². The van der Waals surface area contributed by atoms with Gasteiger partial charge in [-0.2, -0.15) is 0 Å². The first-order valence-electron chi connectivity index (χ1n) is 8.94. The van der Waals surface area contributed by atoms with E-state index in [2.05, 4.69) is 15.3 Å². The zero-order chi connectivity index (χ0) is 20.8. The van der Waals surface area contributed by atoms with Crippen LogP contribution in [0.3, 0.4) is 0 Å². The molecule has 0 aliphatic carbocycles. The lowest BCUT2D eigenvalue weighted by Gasteiger charge is -2.10. The van der Waals surface area contributed by atoms with E-state index >= 15 is 0 Å². The molecule has 0 amide bonds. The van der Waals surface area contributed by atoms with E-state index in [4.69, 9.17) is 18.9 Å². The van der Waals surface area contributed by atoms with Crippen LogP contribution in [0.5, 0.6) is 17.4 Å². The molecule has 0 atom stereocenters. The molecule has 29 heavy (non-hydrogen) atoms. The molecular weight excluding hydrogens is 394 g/mol. The Bertz CT molecular complexity index is 934. The fourth-order valence-corrected chi connectivity index (χ4v) is 3.74. The number of nitrogens with zero attached hydrogens (tertiary/aromatic N) is 5. The monoisotopic (exact) mass is 419 g/mol. The average molecular weight is 420 g/mol. The second kappa shape index (κ2) is 9.66. The molecule has 156 valence electrons. The summed E-state index contributed by atoms with van der Waals surface area (Å²) in [6.45, 7) is 1.15. The second-order valence-corrected chi connectivity index (χ2v) is 7.13. The summed E-state index contributed by atoms with van der Waals surface area (Å²) in [6, 6.07) is 5.81. The summed E-state index contributed by atoms with van der Waals surface area (Å²) in [5, 5.41) is 13.9. The van der Waals surface area contributed by atoms with Crippen LogP contribution in [-0.4, -0.2) is 59.6 Å². The molecule has 0 radical (unpaired) electrons. The quantitative estimate of drug-likeness (QED) is 0.464. The highest BCUT2D eigenvalue weighted by atomic mass is 32.2. The molecule has 3 aromatic rings. The molecule has 2 aromatic heterocycles. The second-order valence-electron chi connectivity index (χ2n) is 6.19. The molecule has 3 rings (SSSR count). The van der Waals surface area contributed by atoms with E-state index in [0.717, 1.165) is 27.8 Å². The van der Waals surface area contributed by atoms with Crippen molar-refractivity contribution >= 4 is 11.8 Å². The molecule has 0 unspecified atom stereocenters. The number of thioether (sulfide) groups is 1. The van der Waals surface area contributed by atoms with Crippen molar-refractivity contribution in [3.8, 4) is 28.8 Å². The lowest BCUT2D eigenvalue weighted by Crippen LogP contribution is -2.07. The molecule has 0 N–H and O–H groups in total. The van der Waals surface area contributed by atoms with Gasteiger partial charge in [-0.15, -0.1) is 15.3 Å². The van der Waals surface area contributed by atoms with Crippen molar-refractivity contribution < 1.29 is 18.9 Å². The molecule has 9 nitrogen and oxygen atoms in total. The Hall–Kier alpha value is -2.72. The predicted octanol–water partition coefficient (Wildman–Crippen LogP) is 2.64. The largest absolute Gasteiger partial charge is 0.497 e. The summed E-state index contributed by atoms with van der Waals surface area (Å²) < 4.78 is 25.1. The van der Waals surface area contributed by atoms with Crippen molar-refractivity contribution in [1.82, 2.24) is 24.5 Å². The minimum Gasteiger partial charge on any atom is -0.497 e. The van der Waals surface area contributed by atoms with Gasteiger partial charge >= 0.3 is 0 Å². The molecule has 0 aliphatic heterocycles. The van der Waals surface area contributed by atoms with Gasteiger partial charge in [-0.05, 0) is 17.7 Å². The summed E-state index contributed by atoms with van der Waals surface area (Å²) in [6.07, 6.45) is 1.87. The number of aromatic nitrogens is 5. The first-order chi connectivity index (χ1) is 14.1. The minimum atomic E-state index is 0.507. The van der Waals surface area contributed by atoms with Gasteiger partial charge in [0.15, 0.2) is 11.0 Å². The number of ether oxygens (including phenoxy) is 4. The van der Waals surface area contributed by atoms with Crippen molar-refractivity contribution in [1.29, 1.82) is 0 Å². The maximum atomic E-state index is 5.39. The van der Waals surface area contributed by atoms with Crippen LogP contribution in [0.1, 0.15) is 5.56 Å². The van der Waals surface area contributed by atoms with Crippen LogP contribution in [0.15, 0.2) is 29.6 Å². The zero-order valence-electron chi connectivity index (χ0n) is 17.2. The number of hydrogen-bond acceptors (Lipinski definition) is 8. The highest BCUT2D eigenvalue weighted by Gasteiger charge is 2.20. The number of aryl methyl sites for hydroxylation is 1. The Kier molecular flexibility index (Phi) is 6.99. The van der Waals surface area contributed by atoms with Crippen LogP contribution < -0.4 is 14.2 Å². The SMILES string of the molecule is COCCn1c(SCc2cc(OC)cc(OC)c2)nnc1-c1cn(C)nc1OC. The molecule has 0 saturated heterocycles. The van der Waals surface area contributed by atoms with Gasteiger partial charge in [-0.3, -0.25) is 9.25 Å². The van der Waals surface area contributed by atoms with Gasteiger partial charge in [0.2, 0.25) is 5.88 Å². The van der Waals surface area contributed by atoms with E-state index in [1.54, 1.807) is 44.9 Å². The lowest BCUT2D eigenvalue weighted by molar-refractivity contribution is 0.185. The topological polar surface area (TPSA) is 85.5 Å². The molecule has 0 spiro atoms. The maximum absolute atomic E-state index is 5.39. The van der Waals surface area contributed by atoms with Gasteiger partial charge in [0.25, 0.3) is 0 Å². The van der Waals surface area contributed by atoms with Crippen molar-refractivity contribution in [2.75, 3.05) is 35.0 Å². The summed E-state index contributed by atoms with van der Waals surface area (Å²) >= 11 is 1.58. The standard InChI is InChI=1S/C19H25N5O4S/c1-23-11-16(18(22-23)28-5)17-20-21-19(24(17)6-7-25-2)29-12-13-8-14(26-3)10-15(9-13)27-4/h8-11H,6-7,12H2,1-5H3. The minimum absolute atomic E-state index is 0.507. The van der Waals surface area contributed by atoms with Crippen LogP contribution in [0, 0.1) is 0 Å². The summed E-state index contributed by atoms with van der Waals surface area (Å²) in [4.78, 5) is 0. The average Bonchev–Trinajstić information content (AvgIpc) is 3.32. The zero-order valence-corrected chi connectivity index (χ0v) is 18.0. The highest BCUT2D eigenvalue weighted by molar-refractivity contribution is 7.98. The number of rotatable bonds is 10. The lowest BCUT2D eigenvalue weighted by atomic mass is 10.2. The van der Waals surface area contributed by atoms with Crippen molar-refractivity contribution in [2.24, 2.45) is 7.05 Å². The van der Waals surface area contributed by atoms with E-state index in [0.29, 0.717) is 30.6 Å². The van der Waals surface area contributed by atoms with Crippen LogP contribution >= 0.6 is 11.8 Å². The van der Waals surface area contributed by atoms with Crippen LogP contribution in [0.4, 0.5) is 0 Å². The summed E-state index contributed by atoms with van der Waals surface area (Å²) in [5.74, 6) is 3.39. The van der Waals surface area contributed by atoms with Crippen molar-refractivity contribution in [2.45, 2.75) is 17.5 Å². The van der Waals surface area contributed by atoms with E-state index in [9.17, 15) is 0 Å². The van der Waals surface area contributed by atoms with Gasteiger partial charge in [0.05, 0.1) is 34.5 Å². The third kappa shape index (κ3) is 4.83. The van der Waals surface area contributed by atoms with E-state index < -0.39 is 0 Å². The normalized spacial score (nSPS) is 10.9. The van der Waals surface area contributed by atoms with E-state index in [1.807, 2.05) is 36.0 Å². The van der Waals surface area contributed by atoms with Gasteiger partial charge in [-0.1, -0.05) is 11.8 Å². The van der Waals surface area contributed by atoms with Gasteiger partial charge in [0.1, 0.15) is 17.1 Å². The molecule has 0 fully saturated rings. The summed E-state index contributed by atoms with van der Waals surface area (Å²) in [7, 11) is 8.38. The molecule has 10 heteroatoms. The Morgan fingerprint density at radius 1 is 0.966 bits per heavy atom. The third-order valence-corrected chi connectivity index (χ3v) is 5.28. The fourth-order valence-electron chi connectivity index (χ4n) is 2.85. The van der Waals surface area contributed by atoms with Gasteiger partial charge in [-0.25, -0.2) is 0 Å². The molecule has 0 aliphatic rings. The van der Waals surface area contributed by atoms with Gasteiger partial charge in [0, 0.05) is 32.2 Å². The Morgan fingerprint density at radius 3 is 2.31 bits per heavy atom. The fraction of sp³-hybridized carbons (Fsp3) is 0.421. The first kappa shape index (κ1) is 21.0. The van der Waals surface area contributed by atoms with E-state index in [-0.39, 0.29) is 0 Å².